The van der Waals surface area contributed by atoms with Crippen LogP contribution in [-0.4, -0.2) is 30.5 Å². The van der Waals surface area contributed by atoms with Gasteiger partial charge in [0.15, 0.2) is 0 Å². The van der Waals surface area contributed by atoms with Crippen LogP contribution in [0.25, 0.3) is 0 Å². The minimum Gasteiger partial charge on any atom is -0.389 e. The number of rotatable bonds is 7. The summed E-state index contributed by atoms with van der Waals surface area (Å²) in [6.07, 6.45) is 6.09. The lowest BCUT2D eigenvalue weighted by atomic mass is 9.85. The minimum absolute atomic E-state index is 0.344. The molecule has 2 N–H and O–H groups in total. The van der Waals surface area contributed by atoms with Crippen molar-refractivity contribution in [3.05, 3.63) is 29.8 Å². The van der Waals surface area contributed by atoms with Crippen LogP contribution < -0.4 is 5.32 Å². The van der Waals surface area contributed by atoms with Gasteiger partial charge in [-0.15, -0.1) is 0 Å². The Balaban J connectivity index is 1.72. The van der Waals surface area contributed by atoms with Gasteiger partial charge in [0.05, 0.1) is 18.8 Å². The van der Waals surface area contributed by atoms with Crippen molar-refractivity contribution in [3.63, 3.8) is 0 Å². The van der Waals surface area contributed by atoms with E-state index in [4.69, 9.17) is 4.74 Å². The molecule has 3 unspecified atom stereocenters. The van der Waals surface area contributed by atoms with Gasteiger partial charge in [0.1, 0.15) is 0 Å². The van der Waals surface area contributed by atoms with E-state index in [1.54, 1.807) is 0 Å². The van der Waals surface area contributed by atoms with Gasteiger partial charge in [-0.05, 0) is 37.3 Å². The molecule has 1 saturated carbocycles. The van der Waals surface area contributed by atoms with Crippen molar-refractivity contribution in [1.29, 1.82) is 0 Å². The van der Waals surface area contributed by atoms with E-state index in [0.717, 1.165) is 12.1 Å². The van der Waals surface area contributed by atoms with Gasteiger partial charge in [-0.25, -0.2) is 0 Å². The Morgan fingerprint density at radius 3 is 2.81 bits per heavy atom. The molecule has 1 aromatic carbocycles. The summed E-state index contributed by atoms with van der Waals surface area (Å²) in [5.74, 6) is 0.676. The van der Waals surface area contributed by atoms with E-state index in [1.165, 1.54) is 31.2 Å². The van der Waals surface area contributed by atoms with Gasteiger partial charge in [-0.3, -0.25) is 0 Å². The van der Waals surface area contributed by atoms with E-state index >= 15 is 0 Å². The SMILES string of the molecule is CCC1CCCCC1OCC(O)CNc1ccccc1C. The van der Waals surface area contributed by atoms with Crippen LogP contribution in [0.15, 0.2) is 24.3 Å². The third-order valence-electron chi connectivity index (χ3n) is 4.54. The molecule has 0 radical (unpaired) electrons. The van der Waals surface area contributed by atoms with Gasteiger partial charge in [0, 0.05) is 12.2 Å². The van der Waals surface area contributed by atoms with E-state index < -0.39 is 6.10 Å². The molecule has 118 valence electrons. The molecule has 0 aliphatic heterocycles. The molecule has 0 aromatic heterocycles. The number of hydrogen-bond acceptors (Lipinski definition) is 3. The Morgan fingerprint density at radius 2 is 2.05 bits per heavy atom. The lowest BCUT2D eigenvalue weighted by Crippen LogP contribution is -2.33. The summed E-state index contributed by atoms with van der Waals surface area (Å²) in [5, 5.41) is 13.4. The molecule has 0 saturated heterocycles. The molecule has 3 heteroatoms. The van der Waals surface area contributed by atoms with Crippen molar-refractivity contribution < 1.29 is 9.84 Å². The normalized spacial score (nSPS) is 23.8. The summed E-state index contributed by atoms with van der Waals surface area (Å²) in [4.78, 5) is 0. The standard InChI is InChI=1S/C18H29NO2/c1-3-15-9-5-7-11-18(15)21-13-16(20)12-19-17-10-6-4-8-14(17)2/h4,6,8,10,15-16,18-20H,3,5,7,9,11-13H2,1-2H3. The Hall–Kier alpha value is -1.06. The number of aryl methyl sites for hydroxylation is 1. The molecule has 2 rings (SSSR count). The molecule has 0 bridgehead atoms. The third kappa shape index (κ3) is 5.01. The fourth-order valence-electron chi connectivity index (χ4n) is 3.15. The third-order valence-corrected chi connectivity index (χ3v) is 4.54. The highest BCUT2D eigenvalue weighted by Crippen LogP contribution is 2.29. The number of aliphatic hydroxyl groups is 1. The molecule has 0 heterocycles. The maximum Gasteiger partial charge on any atom is 0.0945 e. The number of hydrogen-bond donors (Lipinski definition) is 2. The van der Waals surface area contributed by atoms with E-state index in [0.29, 0.717) is 25.2 Å². The maximum absolute atomic E-state index is 10.1. The summed E-state index contributed by atoms with van der Waals surface area (Å²) in [6, 6.07) is 8.14. The first-order chi connectivity index (χ1) is 10.2. The van der Waals surface area contributed by atoms with Crippen LogP contribution in [0.4, 0.5) is 5.69 Å². The van der Waals surface area contributed by atoms with Gasteiger partial charge in [-0.2, -0.15) is 0 Å². The number of anilines is 1. The van der Waals surface area contributed by atoms with Gasteiger partial charge >= 0.3 is 0 Å². The summed E-state index contributed by atoms with van der Waals surface area (Å²) >= 11 is 0. The van der Waals surface area contributed by atoms with Crippen LogP contribution in [-0.2, 0) is 4.74 Å². The zero-order valence-electron chi connectivity index (χ0n) is 13.3. The molecule has 21 heavy (non-hydrogen) atoms. The monoisotopic (exact) mass is 291 g/mol. The van der Waals surface area contributed by atoms with E-state index in [-0.39, 0.29) is 0 Å². The Kier molecular flexibility index (Phi) is 6.52. The molecule has 1 aromatic rings. The molecular formula is C18H29NO2. The number of benzene rings is 1. The average Bonchev–Trinajstić information content (AvgIpc) is 2.52. The first-order valence-electron chi connectivity index (χ1n) is 8.30. The highest BCUT2D eigenvalue weighted by atomic mass is 16.5. The lowest BCUT2D eigenvalue weighted by molar-refractivity contribution is -0.0473. The minimum atomic E-state index is -0.455. The number of aliphatic hydroxyl groups excluding tert-OH is 1. The molecule has 1 fully saturated rings. The molecule has 1 aliphatic rings. The van der Waals surface area contributed by atoms with Gasteiger partial charge < -0.3 is 15.2 Å². The highest BCUT2D eigenvalue weighted by molar-refractivity contribution is 5.50. The second kappa shape index (κ2) is 8.40. The lowest BCUT2D eigenvalue weighted by Gasteiger charge is -2.31. The molecule has 0 amide bonds. The van der Waals surface area contributed by atoms with Gasteiger partial charge in [0.25, 0.3) is 0 Å². The van der Waals surface area contributed by atoms with Gasteiger partial charge in [-0.1, -0.05) is 44.4 Å². The van der Waals surface area contributed by atoms with Crippen molar-refractivity contribution in [2.24, 2.45) is 5.92 Å². The smallest absolute Gasteiger partial charge is 0.0945 e. The fourth-order valence-corrected chi connectivity index (χ4v) is 3.15. The van der Waals surface area contributed by atoms with Crippen molar-refractivity contribution in [3.8, 4) is 0 Å². The summed E-state index contributed by atoms with van der Waals surface area (Å²) in [5.41, 5.74) is 2.28. The van der Waals surface area contributed by atoms with Crippen LogP contribution in [0.2, 0.25) is 0 Å². The average molecular weight is 291 g/mol. The molecule has 3 nitrogen and oxygen atoms in total. The summed E-state index contributed by atoms with van der Waals surface area (Å²) in [6.45, 7) is 5.27. The maximum atomic E-state index is 10.1. The van der Waals surface area contributed by atoms with Crippen molar-refractivity contribution in [1.82, 2.24) is 0 Å². The van der Waals surface area contributed by atoms with E-state index in [1.807, 2.05) is 18.2 Å². The topological polar surface area (TPSA) is 41.5 Å². The van der Waals surface area contributed by atoms with Crippen molar-refractivity contribution in [2.45, 2.75) is 58.2 Å². The number of ether oxygens (including phenoxy) is 1. The molecular weight excluding hydrogens is 262 g/mol. The predicted molar refractivity (Wildman–Crippen MR) is 87.7 cm³/mol. The Labute approximate surface area is 128 Å². The highest BCUT2D eigenvalue weighted by Gasteiger charge is 2.24. The van der Waals surface area contributed by atoms with Gasteiger partial charge in [0.2, 0.25) is 0 Å². The quantitative estimate of drug-likeness (QED) is 0.804. The van der Waals surface area contributed by atoms with E-state index in [2.05, 4.69) is 25.2 Å². The Bertz CT molecular complexity index is 421. The van der Waals surface area contributed by atoms with Crippen LogP contribution in [0.3, 0.4) is 0 Å². The second-order valence-corrected chi connectivity index (χ2v) is 6.17. The largest absolute Gasteiger partial charge is 0.389 e. The summed E-state index contributed by atoms with van der Waals surface area (Å²) < 4.78 is 5.98. The van der Waals surface area contributed by atoms with Crippen LogP contribution in [0, 0.1) is 12.8 Å². The molecule has 3 atom stereocenters. The molecule has 0 spiro atoms. The van der Waals surface area contributed by atoms with Crippen LogP contribution in [0.1, 0.15) is 44.6 Å². The van der Waals surface area contributed by atoms with Crippen LogP contribution in [0.5, 0.6) is 0 Å². The second-order valence-electron chi connectivity index (χ2n) is 6.17. The molecule has 1 aliphatic carbocycles. The first-order valence-corrected chi connectivity index (χ1v) is 8.30. The number of nitrogens with one attached hydrogen (secondary N) is 1. The zero-order chi connectivity index (χ0) is 15.1. The first kappa shape index (κ1) is 16.3. The summed E-state index contributed by atoms with van der Waals surface area (Å²) in [7, 11) is 0. The van der Waals surface area contributed by atoms with Crippen molar-refractivity contribution >= 4 is 5.69 Å². The predicted octanol–water partition coefficient (Wildman–Crippen LogP) is 3.75. The fraction of sp³-hybridized carbons (Fsp3) is 0.667. The van der Waals surface area contributed by atoms with Crippen LogP contribution >= 0.6 is 0 Å². The number of para-hydroxylation sites is 1. The van der Waals surface area contributed by atoms with E-state index in [9.17, 15) is 5.11 Å². The zero-order valence-corrected chi connectivity index (χ0v) is 13.3. The van der Waals surface area contributed by atoms with Crippen molar-refractivity contribution in [2.75, 3.05) is 18.5 Å². The Morgan fingerprint density at radius 1 is 1.29 bits per heavy atom.